The molecule has 0 spiro atoms. The molecule has 1 unspecified atom stereocenters. The van der Waals surface area contributed by atoms with Gasteiger partial charge in [-0.05, 0) is 17.7 Å². The predicted octanol–water partition coefficient (Wildman–Crippen LogP) is 0.434. The van der Waals surface area contributed by atoms with Crippen LogP contribution in [0.3, 0.4) is 0 Å². The van der Waals surface area contributed by atoms with Crippen LogP contribution in [0.4, 0.5) is 0 Å². The maximum absolute atomic E-state index is 11.3. The molecule has 0 aromatic heterocycles. The molecule has 1 N–H and O–H groups in total. The Morgan fingerprint density at radius 3 is 2.75 bits per heavy atom. The number of hydrogen-bond donors (Lipinski definition) is 1. The Hall–Kier alpha value is 0.0300. The van der Waals surface area contributed by atoms with Gasteiger partial charge in [0.05, 0.1) is 0 Å². The van der Waals surface area contributed by atoms with Crippen LogP contribution in [0.1, 0.15) is 19.8 Å². The van der Waals surface area contributed by atoms with Crippen molar-refractivity contribution in [3.8, 4) is 0 Å². The third kappa shape index (κ3) is 2.32. The van der Waals surface area contributed by atoms with E-state index >= 15 is 0 Å². The second-order valence-electron chi connectivity index (χ2n) is 3.72. The molecular formula is C10H14NNaO3S. The molecule has 0 aromatic carbocycles. The number of fused-ring (bicyclic) bond motifs is 1. The van der Waals surface area contributed by atoms with Crippen molar-refractivity contribution in [1.82, 2.24) is 4.90 Å². The van der Waals surface area contributed by atoms with Crippen molar-refractivity contribution in [2.45, 2.75) is 25.8 Å². The number of aliphatic carboxylic acids is 1. The fraction of sp³-hybridized carbons (Fsp3) is 0.600. The van der Waals surface area contributed by atoms with Crippen LogP contribution >= 0.6 is 11.8 Å². The SMILES string of the molecule is CCSCC1=C(C(=O)O)N2C(=O)CC2C1.[NaH]. The van der Waals surface area contributed by atoms with E-state index in [0.29, 0.717) is 6.42 Å². The molecule has 2 heterocycles. The molecule has 16 heavy (non-hydrogen) atoms. The Kier molecular flexibility index (Phi) is 4.91. The van der Waals surface area contributed by atoms with Gasteiger partial charge in [0.1, 0.15) is 5.70 Å². The molecule has 2 aliphatic heterocycles. The first kappa shape index (κ1) is 14.1. The topological polar surface area (TPSA) is 57.6 Å². The zero-order chi connectivity index (χ0) is 11.0. The number of carbonyl (C=O) groups excluding carboxylic acids is 1. The molecule has 1 atom stereocenters. The summed E-state index contributed by atoms with van der Waals surface area (Å²) >= 11 is 1.70. The van der Waals surface area contributed by atoms with E-state index in [1.54, 1.807) is 11.8 Å². The van der Waals surface area contributed by atoms with Gasteiger partial charge in [-0.1, -0.05) is 6.92 Å². The van der Waals surface area contributed by atoms with Gasteiger partial charge >= 0.3 is 35.5 Å². The Balaban J connectivity index is 0.00000128. The van der Waals surface area contributed by atoms with Crippen LogP contribution in [0.5, 0.6) is 0 Å². The Morgan fingerprint density at radius 1 is 1.56 bits per heavy atom. The molecule has 4 nitrogen and oxygen atoms in total. The number of carboxylic acids is 1. The van der Waals surface area contributed by atoms with Crippen LogP contribution in [0.15, 0.2) is 11.3 Å². The number of amides is 1. The summed E-state index contributed by atoms with van der Waals surface area (Å²) in [6.45, 7) is 2.04. The zero-order valence-corrected chi connectivity index (χ0v) is 9.34. The molecule has 1 saturated heterocycles. The van der Waals surface area contributed by atoms with Crippen LogP contribution < -0.4 is 0 Å². The monoisotopic (exact) mass is 251 g/mol. The van der Waals surface area contributed by atoms with Crippen LogP contribution in [0.2, 0.25) is 0 Å². The van der Waals surface area contributed by atoms with Crippen LogP contribution in [-0.2, 0) is 9.59 Å². The number of carboxylic acid groups (broad SMARTS) is 1. The third-order valence-electron chi connectivity index (χ3n) is 2.78. The third-order valence-corrected chi connectivity index (χ3v) is 3.75. The molecule has 0 aromatic rings. The molecule has 0 radical (unpaired) electrons. The van der Waals surface area contributed by atoms with Gasteiger partial charge in [0.2, 0.25) is 5.91 Å². The maximum atomic E-state index is 11.3. The average molecular weight is 251 g/mol. The molecule has 84 valence electrons. The van der Waals surface area contributed by atoms with E-state index in [1.165, 1.54) is 4.90 Å². The second kappa shape index (κ2) is 5.58. The van der Waals surface area contributed by atoms with Crippen molar-refractivity contribution in [2.24, 2.45) is 0 Å². The van der Waals surface area contributed by atoms with Gasteiger partial charge in [-0.25, -0.2) is 4.79 Å². The summed E-state index contributed by atoms with van der Waals surface area (Å²) in [4.78, 5) is 23.8. The minimum absolute atomic E-state index is 0. The second-order valence-corrected chi connectivity index (χ2v) is 4.99. The van der Waals surface area contributed by atoms with Gasteiger partial charge in [-0.15, -0.1) is 0 Å². The van der Waals surface area contributed by atoms with E-state index in [9.17, 15) is 9.59 Å². The molecule has 0 bridgehead atoms. The number of nitrogens with zero attached hydrogens (tertiary/aromatic N) is 1. The molecule has 6 heteroatoms. The van der Waals surface area contributed by atoms with Gasteiger partial charge in [0.25, 0.3) is 0 Å². The van der Waals surface area contributed by atoms with E-state index < -0.39 is 5.97 Å². The van der Waals surface area contributed by atoms with Crippen molar-refractivity contribution in [2.75, 3.05) is 11.5 Å². The van der Waals surface area contributed by atoms with Crippen LogP contribution in [-0.4, -0.2) is 69.0 Å². The van der Waals surface area contributed by atoms with Gasteiger partial charge in [-0.2, -0.15) is 11.8 Å². The molecule has 0 saturated carbocycles. The summed E-state index contributed by atoms with van der Waals surface area (Å²) in [5.41, 5.74) is 1.17. The number of β-lactam (4-membered cyclic amide) rings is 1. The summed E-state index contributed by atoms with van der Waals surface area (Å²) in [5.74, 6) is 0.694. The minimum atomic E-state index is -0.961. The van der Waals surface area contributed by atoms with Crippen molar-refractivity contribution in [1.29, 1.82) is 0 Å². The van der Waals surface area contributed by atoms with E-state index in [1.807, 2.05) is 6.92 Å². The van der Waals surface area contributed by atoms with E-state index in [2.05, 4.69) is 0 Å². The van der Waals surface area contributed by atoms with Gasteiger partial charge < -0.3 is 10.0 Å². The Morgan fingerprint density at radius 2 is 2.25 bits per heavy atom. The first-order valence-corrected chi connectivity index (χ1v) is 6.15. The van der Waals surface area contributed by atoms with Gasteiger partial charge in [0.15, 0.2) is 0 Å². The summed E-state index contributed by atoms with van der Waals surface area (Å²) in [6, 6.07) is 0.135. The fourth-order valence-corrected chi connectivity index (χ4v) is 2.82. The van der Waals surface area contributed by atoms with E-state index in [4.69, 9.17) is 5.11 Å². The molecule has 2 rings (SSSR count). The predicted molar refractivity (Wildman–Crippen MR) is 64.7 cm³/mol. The Labute approximate surface area is 121 Å². The van der Waals surface area contributed by atoms with Crippen LogP contribution in [0.25, 0.3) is 0 Å². The number of carbonyl (C=O) groups is 2. The Bertz CT molecular complexity index is 356. The molecule has 0 aliphatic carbocycles. The fourth-order valence-electron chi connectivity index (χ4n) is 2.11. The summed E-state index contributed by atoms with van der Waals surface area (Å²) in [5, 5.41) is 9.06. The van der Waals surface area contributed by atoms with Crippen molar-refractivity contribution in [3.63, 3.8) is 0 Å². The van der Waals surface area contributed by atoms with Crippen molar-refractivity contribution < 1.29 is 14.7 Å². The number of thioether (sulfide) groups is 1. The standard InChI is InChI=1S/C10H13NO3S.Na.H/c1-2-15-5-6-3-7-4-8(12)11(7)9(6)10(13)14;;/h7H,2-5H2,1H3,(H,13,14);;. The molecular weight excluding hydrogens is 237 g/mol. The zero-order valence-electron chi connectivity index (χ0n) is 8.52. The van der Waals surface area contributed by atoms with E-state index in [-0.39, 0.29) is 47.2 Å². The number of hydrogen-bond acceptors (Lipinski definition) is 3. The summed E-state index contributed by atoms with van der Waals surface area (Å²) in [7, 11) is 0. The normalized spacial score (nSPS) is 22.7. The van der Waals surface area contributed by atoms with Crippen LogP contribution in [0, 0.1) is 0 Å². The molecule has 2 aliphatic rings. The van der Waals surface area contributed by atoms with Gasteiger partial charge in [0, 0.05) is 18.2 Å². The van der Waals surface area contributed by atoms with E-state index in [0.717, 1.165) is 23.5 Å². The first-order valence-electron chi connectivity index (χ1n) is 5.00. The van der Waals surface area contributed by atoms with Crippen molar-refractivity contribution >= 4 is 53.2 Å². The quantitative estimate of drug-likeness (QED) is 0.581. The first-order chi connectivity index (χ1) is 7.15. The number of rotatable bonds is 4. The molecule has 1 fully saturated rings. The average Bonchev–Trinajstić information content (AvgIpc) is 2.47. The van der Waals surface area contributed by atoms with Gasteiger partial charge in [-0.3, -0.25) is 4.79 Å². The summed E-state index contributed by atoms with van der Waals surface area (Å²) < 4.78 is 0. The summed E-state index contributed by atoms with van der Waals surface area (Å²) in [6.07, 6.45) is 1.26. The van der Waals surface area contributed by atoms with Crippen molar-refractivity contribution in [3.05, 3.63) is 11.3 Å². The molecule has 1 amide bonds.